The number of nitrogens with one attached hydrogen (secondary N) is 1. The second kappa shape index (κ2) is 10.4. The van der Waals surface area contributed by atoms with E-state index in [2.05, 4.69) is 37.2 Å². The highest BCUT2D eigenvalue weighted by atomic mass is 79.9. The molecule has 1 aromatic heterocycles. The molecule has 1 heterocycles. The van der Waals surface area contributed by atoms with Crippen LogP contribution in [0.2, 0.25) is 0 Å². The Bertz CT molecular complexity index is 896. The van der Waals surface area contributed by atoms with E-state index in [1.807, 2.05) is 32.9 Å². The second-order valence-electron chi connectivity index (χ2n) is 6.41. The van der Waals surface area contributed by atoms with Crippen molar-refractivity contribution in [1.29, 1.82) is 0 Å². The molecule has 0 aliphatic rings. The standard InChI is InChI=1S/C21H25Br2NO4/c1-5-8-27-11-16-17(20(25)18(23)12(4)28-16)21(26)24-19-13(6-2)9-15(22)10-14(19)7-3/h9-10H,5-8,11H2,1-4H3,(H,24,26). The molecule has 1 N–H and O–H groups in total. The molecule has 0 radical (unpaired) electrons. The van der Waals surface area contributed by atoms with Crippen LogP contribution in [-0.4, -0.2) is 12.5 Å². The van der Waals surface area contributed by atoms with Crippen LogP contribution in [0, 0.1) is 6.92 Å². The Morgan fingerprint density at radius 1 is 1.14 bits per heavy atom. The van der Waals surface area contributed by atoms with Crippen molar-refractivity contribution in [3.05, 3.63) is 59.5 Å². The van der Waals surface area contributed by atoms with Crippen LogP contribution in [0.1, 0.15) is 60.2 Å². The van der Waals surface area contributed by atoms with Crippen LogP contribution in [0.5, 0.6) is 0 Å². The van der Waals surface area contributed by atoms with Gasteiger partial charge in [0.1, 0.15) is 28.2 Å². The van der Waals surface area contributed by atoms with Crippen molar-refractivity contribution >= 4 is 43.5 Å². The first-order chi connectivity index (χ1) is 13.3. The predicted octanol–water partition coefficient (Wildman–Crippen LogP) is 5.78. The smallest absolute Gasteiger partial charge is 0.263 e. The van der Waals surface area contributed by atoms with Gasteiger partial charge in [0.05, 0.1) is 0 Å². The molecular weight excluding hydrogens is 490 g/mol. The van der Waals surface area contributed by atoms with Crippen molar-refractivity contribution in [2.24, 2.45) is 0 Å². The molecule has 2 aromatic rings. The molecule has 1 aromatic carbocycles. The van der Waals surface area contributed by atoms with Crippen LogP contribution in [0.15, 0.2) is 30.3 Å². The highest BCUT2D eigenvalue weighted by Crippen LogP contribution is 2.28. The maximum absolute atomic E-state index is 13.1. The van der Waals surface area contributed by atoms with Gasteiger partial charge in [-0.1, -0.05) is 36.7 Å². The van der Waals surface area contributed by atoms with Gasteiger partial charge in [0, 0.05) is 16.8 Å². The number of hydrogen-bond acceptors (Lipinski definition) is 4. The lowest BCUT2D eigenvalue weighted by atomic mass is 10.0. The van der Waals surface area contributed by atoms with Gasteiger partial charge in [0.2, 0.25) is 5.43 Å². The summed E-state index contributed by atoms with van der Waals surface area (Å²) >= 11 is 6.75. The zero-order chi connectivity index (χ0) is 20.8. The average Bonchev–Trinajstić information content (AvgIpc) is 2.67. The number of carbonyl (C=O) groups is 1. The van der Waals surface area contributed by atoms with Crippen LogP contribution in [-0.2, 0) is 24.2 Å². The molecule has 0 saturated carbocycles. The number of anilines is 1. The van der Waals surface area contributed by atoms with Crippen molar-refractivity contribution < 1.29 is 13.9 Å². The molecule has 5 nitrogen and oxygen atoms in total. The van der Waals surface area contributed by atoms with E-state index in [9.17, 15) is 9.59 Å². The minimum Gasteiger partial charge on any atom is -0.462 e. The van der Waals surface area contributed by atoms with Gasteiger partial charge in [-0.2, -0.15) is 0 Å². The highest BCUT2D eigenvalue weighted by Gasteiger charge is 2.23. The molecular formula is C21H25Br2NO4. The Morgan fingerprint density at radius 3 is 2.29 bits per heavy atom. The molecule has 2 rings (SSSR count). The summed E-state index contributed by atoms with van der Waals surface area (Å²) < 4.78 is 12.5. The number of amides is 1. The summed E-state index contributed by atoms with van der Waals surface area (Å²) in [5, 5.41) is 2.95. The van der Waals surface area contributed by atoms with Crippen molar-refractivity contribution in [3.63, 3.8) is 0 Å². The Kier molecular flexibility index (Phi) is 8.46. The fraction of sp³-hybridized carbons (Fsp3) is 0.429. The third-order valence-electron chi connectivity index (χ3n) is 4.37. The maximum atomic E-state index is 13.1. The van der Waals surface area contributed by atoms with Gasteiger partial charge >= 0.3 is 0 Å². The Hall–Kier alpha value is -1.44. The lowest BCUT2D eigenvalue weighted by Gasteiger charge is -2.16. The zero-order valence-electron chi connectivity index (χ0n) is 16.6. The first kappa shape index (κ1) is 22.8. The molecule has 28 heavy (non-hydrogen) atoms. The van der Waals surface area contributed by atoms with Gasteiger partial charge in [-0.15, -0.1) is 0 Å². The van der Waals surface area contributed by atoms with Crippen molar-refractivity contribution in [2.45, 2.75) is 53.6 Å². The molecule has 0 atom stereocenters. The highest BCUT2D eigenvalue weighted by molar-refractivity contribution is 9.10. The topological polar surface area (TPSA) is 68.5 Å². The molecule has 1 amide bonds. The summed E-state index contributed by atoms with van der Waals surface area (Å²) in [6, 6.07) is 3.96. The van der Waals surface area contributed by atoms with Gasteiger partial charge in [0.15, 0.2) is 0 Å². The number of carbonyl (C=O) groups excluding carboxylic acids is 1. The van der Waals surface area contributed by atoms with E-state index in [0.29, 0.717) is 12.4 Å². The molecule has 0 bridgehead atoms. The second-order valence-corrected chi connectivity index (χ2v) is 8.12. The summed E-state index contributed by atoms with van der Waals surface area (Å²) in [4.78, 5) is 25.9. The van der Waals surface area contributed by atoms with E-state index in [0.717, 1.165) is 40.5 Å². The van der Waals surface area contributed by atoms with Crippen LogP contribution < -0.4 is 10.7 Å². The molecule has 0 saturated heterocycles. The van der Waals surface area contributed by atoms with Crippen LogP contribution >= 0.6 is 31.9 Å². The summed E-state index contributed by atoms with van der Waals surface area (Å²) in [5.74, 6) is 0.171. The van der Waals surface area contributed by atoms with E-state index in [1.54, 1.807) is 6.92 Å². The number of aryl methyl sites for hydroxylation is 3. The molecule has 152 valence electrons. The number of halogens is 2. The van der Waals surface area contributed by atoms with Gasteiger partial charge in [-0.25, -0.2) is 0 Å². The van der Waals surface area contributed by atoms with Crippen LogP contribution in [0.3, 0.4) is 0 Å². The molecule has 0 aliphatic heterocycles. The minimum absolute atomic E-state index is 0.0272. The van der Waals surface area contributed by atoms with Gasteiger partial charge in [0.25, 0.3) is 5.91 Å². The number of ether oxygens (including phenoxy) is 1. The fourth-order valence-corrected chi connectivity index (χ4v) is 3.77. The predicted molar refractivity (Wildman–Crippen MR) is 118 cm³/mol. The van der Waals surface area contributed by atoms with Crippen LogP contribution in [0.4, 0.5) is 5.69 Å². The summed E-state index contributed by atoms with van der Waals surface area (Å²) in [7, 11) is 0. The Balaban J connectivity index is 2.50. The normalized spacial score (nSPS) is 10.9. The lowest BCUT2D eigenvalue weighted by Crippen LogP contribution is -2.26. The lowest BCUT2D eigenvalue weighted by molar-refractivity contribution is 0.0952. The monoisotopic (exact) mass is 513 g/mol. The number of rotatable bonds is 8. The van der Waals surface area contributed by atoms with E-state index in [-0.39, 0.29) is 22.4 Å². The Labute approximate surface area is 182 Å². The first-order valence-electron chi connectivity index (χ1n) is 9.36. The summed E-state index contributed by atoms with van der Waals surface area (Å²) in [5.41, 5.74) is 2.32. The van der Waals surface area contributed by atoms with Gasteiger partial charge < -0.3 is 14.5 Å². The molecule has 0 fully saturated rings. The minimum atomic E-state index is -0.490. The molecule has 0 unspecified atom stereocenters. The molecule has 7 heteroatoms. The third-order valence-corrected chi connectivity index (χ3v) is 5.74. The van der Waals surface area contributed by atoms with Crippen molar-refractivity contribution in [3.8, 4) is 0 Å². The average molecular weight is 515 g/mol. The van der Waals surface area contributed by atoms with E-state index >= 15 is 0 Å². The zero-order valence-corrected chi connectivity index (χ0v) is 19.8. The maximum Gasteiger partial charge on any atom is 0.263 e. The third kappa shape index (κ3) is 5.13. The fourth-order valence-electron chi connectivity index (χ4n) is 2.94. The summed E-state index contributed by atoms with van der Waals surface area (Å²) in [6.45, 7) is 8.31. The van der Waals surface area contributed by atoms with Gasteiger partial charge in [-0.05, 0) is 65.4 Å². The molecule has 0 spiro atoms. The van der Waals surface area contributed by atoms with Crippen molar-refractivity contribution in [1.82, 2.24) is 0 Å². The Morgan fingerprint density at radius 2 is 1.75 bits per heavy atom. The number of hydrogen-bond donors (Lipinski definition) is 1. The summed E-state index contributed by atoms with van der Waals surface area (Å²) in [6.07, 6.45) is 2.33. The number of benzene rings is 1. The SMILES string of the molecule is CCCOCc1oc(C)c(Br)c(=O)c1C(=O)Nc1c(CC)cc(Br)cc1CC. The quantitative estimate of drug-likeness (QED) is 0.453. The van der Waals surface area contributed by atoms with Crippen LogP contribution in [0.25, 0.3) is 0 Å². The van der Waals surface area contributed by atoms with Crippen molar-refractivity contribution in [2.75, 3.05) is 11.9 Å². The van der Waals surface area contributed by atoms with E-state index in [4.69, 9.17) is 9.15 Å². The van der Waals surface area contributed by atoms with E-state index in [1.165, 1.54) is 0 Å². The van der Waals surface area contributed by atoms with Gasteiger partial charge in [-0.3, -0.25) is 9.59 Å². The molecule has 0 aliphatic carbocycles. The largest absolute Gasteiger partial charge is 0.462 e. The van der Waals surface area contributed by atoms with E-state index < -0.39 is 11.3 Å². The first-order valence-corrected chi connectivity index (χ1v) is 10.9.